The lowest BCUT2D eigenvalue weighted by atomic mass is 10.2. The van der Waals surface area contributed by atoms with Crippen LogP contribution in [0.25, 0.3) is 0 Å². The van der Waals surface area contributed by atoms with Crippen molar-refractivity contribution in [3.05, 3.63) is 11.1 Å². The lowest BCUT2D eigenvalue weighted by molar-refractivity contribution is -0.137. The molecule has 2 amide bonds. The molecule has 0 bridgehead atoms. The lowest BCUT2D eigenvalue weighted by Crippen LogP contribution is -2.40. The minimum Gasteiger partial charge on any atom is -0.480 e. The van der Waals surface area contributed by atoms with Gasteiger partial charge in [-0.25, -0.2) is 9.78 Å². The van der Waals surface area contributed by atoms with Crippen LogP contribution in [0.3, 0.4) is 0 Å². The average Bonchev–Trinajstić information content (AvgIpc) is 2.82. The summed E-state index contributed by atoms with van der Waals surface area (Å²) in [6, 6.07) is -0.492. The van der Waals surface area contributed by atoms with Crippen molar-refractivity contribution in [2.45, 2.75) is 19.8 Å². The van der Waals surface area contributed by atoms with Crippen LogP contribution in [-0.2, 0) is 9.53 Å². The number of urea groups is 1. The van der Waals surface area contributed by atoms with E-state index in [-0.39, 0.29) is 25.6 Å². The topological polar surface area (TPSA) is 91.8 Å². The number of carboxylic acids is 1. The van der Waals surface area contributed by atoms with E-state index in [9.17, 15) is 9.59 Å². The SMILES string of the molecule is COCCN(CC(=O)O)C(=O)Nc1nc(C(C)C)cs1. The number of anilines is 1. The number of methoxy groups -OCH3 is 1. The summed E-state index contributed by atoms with van der Waals surface area (Å²) in [5, 5.41) is 13.7. The number of aliphatic carboxylic acids is 1. The Morgan fingerprint density at radius 3 is 2.75 bits per heavy atom. The van der Waals surface area contributed by atoms with E-state index in [2.05, 4.69) is 10.3 Å². The van der Waals surface area contributed by atoms with Gasteiger partial charge < -0.3 is 14.7 Å². The number of thiazole rings is 1. The molecule has 8 heteroatoms. The van der Waals surface area contributed by atoms with Gasteiger partial charge in [0.05, 0.1) is 12.3 Å². The molecule has 0 atom stereocenters. The quantitative estimate of drug-likeness (QED) is 0.801. The molecule has 112 valence electrons. The molecule has 0 saturated carbocycles. The molecule has 2 N–H and O–H groups in total. The Kier molecular flexibility index (Phi) is 6.40. The molecular weight excluding hydrogens is 282 g/mol. The minimum absolute atomic E-state index is 0.205. The second-order valence-electron chi connectivity index (χ2n) is 4.47. The molecule has 1 rings (SSSR count). The predicted octanol–water partition coefficient (Wildman–Crippen LogP) is 1.83. The summed E-state index contributed by atoms with van der Waals surface area (Å²) in [5.74, 6) is -0.793. The summed E-state index contributed by atoms with van der Waals surface area (Å²) in [5.41, 5.74) is 0.895. The van der Waals surface area contributed by atoms with Crippen LogP contribution in [-0.4, -0.2) is 53.8 Å². The zero-order chi connectivity index (χ0) is 15.1. The van der Waals surface area contributed by atoms with Crippen molar-refractivity contribution in [2.75, 3.05) is 32.1 Å². The van der Waals surface area contributed by atoms with Gasteiger partial charge in [0.25, 0.3) is 0 Å². The summed E-state index contributed by atoms with van der Waals surface area (Å²) >= 11 is 1.32. The standard InChI is InChI=1S/C12H19N3O4S/c1-8(2)9-7-20-11(13-9)14-12(18)15(4-5-19-3)6-10(16)17/h7-8H,4-6H2,1-3H3,(H,16,17)(H,13,14,18). The van der Waals surface area contributed by atoms with Gasteiger partial charge >= 0.3 is 12.0 Å². The molecule has 0 spiro atoms. The van der Waals surface area contributed by atoms with E-state index in [1.54, 1.807) is 0 Å². The van der Waals surface area contributed by atoms with Crippen molar-refractivity contribution in [2.24, 2.45) is 0 Å². The summed E-state index contributed by atoms with van der Waals surface area (Å²) < 4.78 is 4.86. The zero-order valence-corrected chi connectivity index (χ0v) is 12.6. The van der Waals surface area contributed by atoms with E-state index in [4.69, 9.17) is 9.84 Å². The number of aromatic nitrogens is 1. The summed E-state index contributed by atoms with van der Waals surface area (Å²) in [7, 11) is 1.49. The smallest absolute Gasteiger partial charge is 0.324 e. The summed E-state index contributed by atoms with van der Waals surface area (Å²) in [4.78, 5) is 28.2. The van der Waals surface area contributed by atoms with Crippen LogP contribution >= 0.6 is 11.3 Å². The van der Waals surface area contributed by atoms with Crippen LogP contribution in [0, 0.1) is 0 Å². The molecule has 1 aromatic heterocycles. The Bertz CT molecular complexity index is 461. The predicted molar refractivity (Wildman–Crippen MR) is 76.3 cm³/mol. The van der Waals surface area contributed by atoms with Gasteiger partial charge in [-0.3, -0.25) is 10.1 Å². The van der Waals surface area contributed by atoms with E-state index in [1.807, 2.05) is 19.2 Å². The number of nitrogens with one attached hydrogen (secondary N) is 1. The van der Waals surface area contributed by atoms with Gasteiger partial charge in [0.1, 0.15) is 6.54 Å². The Morgan fingerprint density at radius 1 is 1.55 bits per heavy atom. The van der Waals surface area contributed by atoms with Gasteiger partial charge in [0, 0.05) is 19.0 Å². The molecule has 0 saturated heterocycles. The number of amides is 2. The van der Waals surface area contributed by atoms with Crippen molar-refractivity contribution >= 4 is 28.5 Å². The molecule has 1 heterocycles. The van der Waals surface area contributed by atoms with Gasteiger partial charge in [-0.15, -0.1) is 11.3 Å². The van der Waals surface area contributed by atoms with E-state index >= 15 is 0 Å². The van der Waals surface area contributed by atoms with Gasteiger partial charge in [-0.2, -0.15) is 0 Å². The van der Waals surface area contributed by atoms with Gasteiger partial charge in [-0.05, 0) is 5.92 Å². The molecular formula is C12H19N3O4S. The summed E-state index contributed by atoms with van der Waals surface area (Å²) in [6.07, 6.45) is 0. The number of hydrogen-bond donors (Lipinski definition) is 2. The maximum absolute atomic E-state index is 12.0. The third-order valence-corrected chi connectivity index (χ3v) is 3.28. The first-order valence-corrected chi connectivity index (χ1v) is 7.04. The molecule has 1 aromatic rings. The molecule has 7 nitrogen and oxygen atoms in total. The first-order chi connectivity index (χ1) is 9.43. The normalized spacial score (nSPS) is 10.6. The molecule has 0 aliphatic rings. The van der Waals surface area contributed by atoms with Crippen LogP contribution in [0.2, 0.25) is 0 Å². The monoisotopic (exact) mass is 301 g/mol. The highest BCUT2D eigenvalue weighted by molar-refractivity contribution is 7.13. The van der Waals surface area contributed by atoms with Crippen molar-refractivity contribution in [3.8, 4) is 0 Å². The Balaban J connectivity index is 2.65. The third kappa shape index (κ3) is 5.14. The largest absolute Gasteiger partial charge is 0.480 e. The summed E-state index contributed by atoms with van der Waals surface area (Å²) in [6.45, 7) is 4.12. The first kappa shape index (κ1) is 16.4. The van der Waals surface area contributed by atoms with Crippen molar-refractivity contribution in [3.63, 3.8) is 0 Å². The molecule has 0 aromatic carbocycles. The number of rotatable bonds is 7. The van der Waals surface area contributed by atoms with E-state index in [1.165, 1.54) is 23.3 Å². The molecule has 0 fully saturated rings. The molecule has 0 unspecified atom stereocenters. The molecule has 0 radical (unpaired) electrons. The average molecular weight is 301 g/mol. The second-order valence-corrected chi connectivity index (χ2v) is 5.33. The van der Waals surface area contributed by atoms with Crippen molar-refractivity contribution < 1.29 is 19.4 Å². The van der Waals surface area contributed by atoms with Crippen molar-refractivity contribution in [1.82, 2.24) is 9.88 Å². The fraction of sp³-hybridized carbons (Fsp3) is 0.583. The van der Waals surface area contributed by atoms with E-state index in [0.717, 1.165) is 5.69 Å². The van der Waals surface area contributed by atoms with Crippen LogP contribution in [0.15, 0.2) is 5.38 Å². The third-order valence-electron chi connectivity index (χ3n) is 2.51. The molecule has 0 aliphatic carbocycles. The highest BCUT2D eigenvalue weighted by Crippen LogP contribution is 2.21. The first-order valence-electron chi connectivity index (χ1n) is 6.16. The second kappa shape index (κ2) is 7.81. The Morgan fingerprint density at radius 2 is 2.25 bits per heavy atom. The number of carbonyl (C=O) groups excluding carboxylic acids is 1. The Labute approximate surface area is 121 Å². The van der Waals surface area contributed by atoms with E-state index in [0.29, 0.717) is 5.13 Å². The van der Waals surface area contributed by atoms with E-state index < -0.39 is 12.0 Å². The van der Waals surface area contributed by atoms with Gasteiger partial charge in [0.15, 0.2) is 5.13 Å². The van der Waals surface area contributed by atoms with Gasteiger partial charge in [-0.1, -0.05) is 13.8 Å². The van der Waals surface area contributed by atoms with Crippen LogP contribution in [0.1, 0.15) is 25.5 Å². The fourth-order valence-corrected chi connectivity index (χ4v) is 2.26. The zero-order valence-electron chi connectivity index (χ0n) is 11.8. The maximum Gasteiger partial charge on any atom is 0.324 e. The maximum atomic E-state index is 12.0. The Hall–Kier alpha value is -1.67. The number of hydrogen-bond acceptors (Lipinski definition) is 5. The highest BCUT2D eigenvalue weighted by atomic mass is 32.1. The molecule has 20 heavy (non-hydrogen) atoms. The number of ether oxygens (including phenoxy) is 1. The van der Waals surface area contributed by atoms with Gasteiger partial charge in [0.2, 0.25) is 0 Å². The fourth-order valence-electron chi connectivity index (χ4n) is 1.40. The van der Waals surface area contributed by atoms with Crippen LogP contribution in [0.4, 0.5) is 9.93 Å². The molecule has 0 aliphatic heterocycles. The number of nitrogens with zero attached hydrogens (tertiary/aromatic N) is 2. The van der Waals surface area contributed by atoms with Crippen molar-refractivity contribution in [1.29, 1.82) is 0 Å². The number of carbonyl (C=O) groups is 2. The minimum atomic E-state index is -1.07. The van der Waals surface area contributed by atoms with Crippen LogP contribution in [0.5, 0.6) is 0 Å². The highest BCUT2D eigenvalue weighted by Gasteiger charge is 2.18. The number of carboxylic acid groups (broad SMARTS) is 1. The lowest BCUT2D eigenvalue weighted by Gasteiger charge is -2.19. The van der Waals surface area contributed by atoms with Crippen LogP contribution < -0.4 is 5.32 Å².